The van der Waals surface area contributed by atoms with Gasteiger partial charge in [0.25, 0.3) is 0 Å². The summed E-state index contributed by atoms with van der Waals surface area (Å²) in [4.78, 5) is 2.36. The van der Waals surface area contributed by atoms with Crippen molar-refractivity contribution in [1.29, 1.82) is 5.41 Å². The Hall–Kier alpha value is -0.770. The standard InChI is InChI=1S/C12H17N3.2ClH/c13-12(14)11-6-7-15(9-11)8-10-4-2-1-3-5-10;;/h1-5,11H,6-9H2,(H3,13,14);2*1H. The molecule has 96 valence electrons. The van der Waals surface area contributed by atoms with Gasteiger partial charge in [0.15, 0.2) is 0 Å². The molecule has 1 aromatic rings. The van der Waals surface area contributed by atoms with Gasteiger partial charge in [-0.25, -0.2) is 0 Å². The van der Waals surface area contributed by atoms with E-state index in [4.69, 9.17) is 11.1 Å². The second kappa shape index (κ2) is 7.54. The number of halogens is 2. The summed E-state index contributed by atoms with van der Waals surface area (Å²) in [5.41, 5.74) is 6.84. The Morgan fingerprint density at radius 3 is 2.47 bits per heavy atom. The van der Waals surface area contributed by atoms with Gasteiger partial charge in [0.2, 0.25) is 0 Å². The van der Waals surface area contributed by atoms with E-state index in [0.29, 0.717) is 5.84 Å². The molecule has 1 aliphatic rings. The summed E-state index contributed by atoms with van der Waals surface area (Å²) < 4.78 is 0. The van der Waals surface area contributed by atoms with E-state index in [1.165, 1.54) is 5.56 Å². The first-order valence-electron chi connectivity index (χ1n) is 5.36. The third-order valence-electron chi connectivity index (χ3n) is 2.96. The zero-order valence-electron chi connectivity index (χ0n) is 9.63. The van der Waals surface area contributed by atoms with E-state index in [0.717, 1.165) is 26.1 Å². The summed E-state index contributed by atoms with van der Waals surface area (Å²) in [6, 6.07) is 10.4. The predicted molar refractivity (Wildman–Crippen MR) is 76.2 cm³/mol. The molecule has 5 heteroatoms. The molecule has 1 aromatic carbocycles. The molecule has 0 saturated carbocycles. The molecule has 0 aliphatic carbocycles. The highest BCUT2D eigenvalue weighted by atomic mass is 35.5. The van der Waals surface area contributed by atoms with E-state index >= 15 is 0 Å². The molecule has 1 fully saturated rings. The van der Waals surface area contributed by atoms with E-state index in [1.54, 1.807) is 0 Å². The molecular formula is C12H19Cl2N3. The quantitative estimate of drug-likeness (QED) is 0.657. The van der Waals surface area contributed by atoms with Gasteiger partial charge in [-0.2, -0.15) is 0 Å². The van der Waals surface area contributed by atoms with Crippen LogP contribution in [-0.4, -0.2) is 23.8 Å². The van der Waals surface area contributed by atoms with Gasteiger partial charge in [0.1, 0.15) is 0 Å². The topological polar surface area (TPSA) is 53.1 Å². The molecule has 1 atom stereocenters. The molecule has 0 spiro atoms. The SMILES string of the molecule is Cl.Cl.N=C(N)C1CCN(Cc2ccccc2)C1. The number of hydrogen-bond donors (Lipinski definition) is 2. The van der Waals surface area contributed by atoms with Crippen LogP contribution in [0.3, 0.4) is 0 Å². The summed E-state index contributed by atoms with van der Waals surface area (Å²) in [6.45, 7) is 2.97. The number of benzene rings is 1. The van der Waals surface area contributed by atoms with Crippen LogP contribution in [0.4, 0.5) is 0 Å². The van der Waals surface area contributed by atoms with Gasteiger partial charge in [-0.3, -0.25) is 10.3 Å². The molecular weight excluding hydrogens is 257 g/mol. The van der Waals surface area contributed by atoms with Gasteiger partial charge in [0, 0.05) is 19.0 Å². The van der Waals surface area contributed by atoms with Crippen molar-refractivity contribution in [3.63, 3.8) is 0 Å². The Morgan fingerprint density at radius 1 is 1.29 bits per heavy atom. The fourth-order valence-corrected chi connectivity index (χ4v) is 2.07. The third-order valence-corrected chi connectivity index (χ3v) is 2.96. The minimum absolute atomic E-state index is 0. The highest BCUT2D eigenvalue weighted by molar-refractivity contribution is 5.85. The molecule has 0 aromatic heterocycles. The number of nitrogens with one attached hydrogen (secondary N) is 1. The third kappa shape index (κ3) is 4.54. The highest BCUT2D eigenvalue weighted by Gasteiger charge is 2.24. The normalized spacial score (nSPS) is 19.2. The lowest BCUT2D eigenvalue weighted by atomic mass is 10.1. The maximum atomic E-state index is 7.41. The fraction of sp³-hybridized carbons (Fsp3) is 0.417. The first-order chi connectivity index (χ1) is 7.25. The number of nitrogens with zero attached hydrogens (tertiary/aromatic N) is 1. The van der Waals surface area contributed by atoms with Crippen molar-refractivity contribution in [2.24, 2.45) is 11.7 Å². The van der Waals surface area contributed by atoms with E-state index < -0.39 is 0 Å². The number of amidine groups is 1. The highest BCUT2D eigenvalue weighted by Crippen LogP contribution is 2.18. The Kier molecular flexibility index (Phi) is 7.19. The van der Waals surface area contributed by atoms with Crippen molar-refractivity contribution < 1.29 is 0 Å². The number of likely N-dealkylation sites (tertiary alicyclic amines) is 1. The van der Waals surface area contributed by atoms with Crippen LogP contribution in [0.15, 0.2) is 30.3 Å². The van der Waals surface area contributed by atoms with Crippen LogP contribution in [0.5, 0.6) is 0 Å². The van der Waals surface area contributed by atoms with Crippen molar-refractivity contribution in [2.75, 3.05) is 13.1 Å². The fourth-order valence-electron chi connectivity index (χ4n) is 2.07. The van der Waals surface area contributed by atoms with E-state index in [2.05, 4.69) is 29.2 Å². The average Bonchev–Trinajstić information content (AvgIpc) is 2.68. The second-order valence-corrected chi connectivity index (χ2v) is 4.16. The first kappa shape index (κ1) is 16.2. The van der Waals surface area contributed by atoms with Crippen LogP contribution in [0.25, 0.3) is 0 Å². The van der Waals surface area contributed by atoms with Crippen LogP contribution in [0, 0.1) is 11.3 Å². The zero-order chi connectivity index (χ0) is 10.7. The lowest BCUT2D eigenvalue weighted by molar-refractivity contribution is 0.326. The Morgan fingerprint density at radius 2 is 1.94 bits per heavy atom. The van der Waals surface area contributed by atoms with Gasteiger partial charge in [-0.1, -0.05) is 30.3 Å². The lowest BCUT2D eigenvalue weighted by Gasteiger charge is -2.15. The maximum Gasteiger partial charge on any atom is 0.0950 e. The summed E-state index contributed by atoms with van der Waals surface area (Å²) in [5, 5.41) is 7.41. The molecule has 1 unspecified atom stereocenters. The van der Waals surface area contributed by atoms with Gasteiger partial charge in [-0.05, 0) is 18.5 Å². The Balaban J connectivity index is 0.00000128. The van der Waals surface area contributed by atoms with Crippen LogP contribution in [0.2, 0.25) is 0 Å². The summed E-state index contributed by atoms with van der Waals surface area (Å²) >= 11 is 0. The molecule has 0 amide bonds. The van der Waals surface area contributed by atoms with E-state index in [-0.39, 0.29) is 30.7 Å². The van der Waals surface area contributed by atoms with Crippen molar-refractivity contribution in [3.8, 4) is 0 Å². The van der Waals surface area contributed by atoms with Crippen LogP contribution in [0.1, 0.15) is 12.0 Å². The van der Waals surface area contributed by atoms with Gasteiger partial charge >= 0.3 is 0 Å². The number of rotatable bonds is 3. The second-order valence-electron chi connectivity index (χ2n) is 4.16. The smallest absolute Gasteiger partial charge is 0.0950 e. The summed E-state index contributed by atoms with van der Waals surface area (Å²) in [7, 11) is 0. The number of nitrogens with two attached hydrogens (primary N) is 1. The predicted octanol–water partition coefficient (Wildman–Crippen LogP) is 2.29. The minimum Gasteiger partial charge on any atom is -0.387 e. The lowest BCUT2D eigenvalue weighted by Crippen LogP contribution is -2.26. The zero-order valence-corrected chi connectivity index (χ0v) is 11.3. The molecule has 0 bridgehead atoms. The molecule has 3 nitrogen and oxygen atoms in total. The van der Waals surface area contributed by atoms with Crippen LogP contribution in [-0.2, 0) is 6.54 Å². The van der Waals surface area contributed by atoms with Crippen LogP contribution < -0.4 is 5.73 Å². The van der Waals surface area contributed by atoms with E-state index in [1.807, 2.05) is 6.07 Å². The largest absolute Gasteiger partial charge is 0.387 e. The van der Waals surface area contributed by atoms with Crippen molar-refractivity contribution in [3.05, 3.63) is 35.9 Å². The van der Waals surface area contributed by atoms with E-state index in [9.17, 15) is 0 Å². The molecule has 1 heterocycles. The number of hydrogen-bond acceptors (Lipinski definition) is 2. The summed E-state index contributed by atoms with van der Waals surface area (Å²) in [6.07, 6.45) is 1.03. The molecule has 2 rings (SSSR count). The minimum atomic E-state index is 0. The van der Waals surface area contributed by atoms with Crippen molar-refractivity contribution in [1.82, 2.24) is 4.90 Å². The van der Waals surface area contributed by atoms with Gasteiger partial charge in [0.05, 0.1) is 5.84 Å². The molecule has 1 aliphatic heterocycles. The van der Waals surface area contributed by atoms with Crippen molar-refractivity contribution in [2.45, 2.75) is 13.0 Å². The Bertz CT molecular complexity index is 343. The van der Waals surface area contributed by atoms with Crippen molar-refractivity contribution >= 4 is 30.6 Å². The van der Waals surface area contributed by atoms with Gasteiger partial charge in [-0.15, -0.1) is 24.8 Å². The summed E-state index contributed by atoms with van der Waals surface area (Å²) in [5.74, 6) is 0.610. The first-order valence-corrected chi connectivity index (χ1v) is 5.36. The maximum absolute atomic E-state index is 7.41. The monoisotopic (exact) mass is 275 g/mol. The van der Waals surface area contributed by atoms with Crippen LogP contribution >= 0.6 is 24.8 Å². The molecule has 0 radical (unpaired) electrons. The molecule has 17 heavy (non-hydrogen) atoms. The van der Waals surface area contributed by atoms with Gasteiger partial charge < -0.3 is 5.73 Å². The average molecular weight is 276 g/mol. The molecule has 1 saturated heterocycles. The molecule has 3 N–H and O–H groups in total. The Labute approximate surface area is 115 Å².